The van der Waals surface area contributed by atoms with Gasteiger partial charge in [0.1, 0.15) is 0 Å². The topological polar surface area (TPSA) is 26.0 Å². The Hall–Kier alpha value is -0.460. The molecule has 1 unspecified atom stereocenters. The average molecular weight is 169 g/mol. The van der Waals surface area contributed by atoms with Crippen LogP contribution in [0.3, 0.4) is 0 Å². The third-order valence-corrected chi connectivity index (χ3v) is 2.11. The first-order valence-electron chi connectivity index (χ1n) is 4.68. The number of nitrogens with two attached hydrogens (primary N) is 1. The highest BCUT2D eigenvalue weighted by Gasteiger charge is 2.22. The second-order valence-corrected chi connectivity index (χ2v) is 5.19. The molecule has 0 saturated heterocycles. The van der Waals surface area contributed by atoms with Crippen LogP contribution in [-0.2, 0) is 0 Å². The monoisotopic (exact) mass is 169 g/mol. The Bertz CT molecular complexity index is 151. The maximum absolute atomic E-state index is 5.75. The van der Waals surface area contributed by atoms with Crippen molar-refractivity contribution < 1.29 is 0 Å². The smallest absolute Gasteiger partial charge is 0.00418 e. The zero-order valence-corrected chi connectivity index (χ0v) is 9.15. The maximum Gasteiger partial charge on any atom is 0.00418 e. The van der Waals surface area contributed by atoms with Crippen molar-refractivity contribution in [2.24, 2.45) is 23.0 Å². The standard InChI is InChI=1S/C11H23N/c1-8(2)10(9(3)12)7-11(4,5)6/h8,10H,3,7,12H2,1-2,4-6H3. The number of rotatable bonds is 3. The Morgan fingerprint density at radius 2 is 1.75 bits per heavy atom. The Morgan fingerprint density at radius 3 is 1.83 bits per heavy atom. The second kappa shape index (κ2) is 3.97. The Balaban J connectivity index is 4.25. The number of hydrogen-bond acceptors (Lipinski definition) is 1. The van der Waals surface area contributed by atoms with Crippen molar-refractivity contribution in [2.45, 2.75) is 41.0 Å². The summed E-state index contributed by atoms with van der Waals surface area (Å²) < 4.78 is 0. The minimum atomic E-state index is 0.344. The predicted molar refractivity (Wildman–Crippen MR) is 55.7 cm³/mol. The molecule has 0 amide bonds. The van der Waals surface area contributed by atoms with E-state index in [1.54, 1.807) is 0 Å². The lowest BCUT2D eigenvalue weighted by molar-refractivity contribution is 0.271. The fourth-order valence-electron chi connectivity index (χ4n) is 1.45. The second-order valence-electron chi connectivity index (χ2n) is 5.19. The van der Waals surface area contributed by atoms with E-state index in [1.807, 2.05) is 0 Å². The summed E-state index contributed by atoms with van der Waals surface area (Å²) >= 11 is 0. The molecule has 1 heteroatoms. The molecule has 0 aromatic rings. The fraction of sp³-hybridized carbons (Fsp3) is 0.818. The van der Waals surface area contributed by atoms with E-state index < -0.39 is 0 Å². The van der Waals surface area contributed by atoms with Gasteiger partial charge < -0.3 is 5.73 Å². The SMILES string of the molecule is C=C(N)C(CC(C)(C)C)C(C)C. The summed E-state index contributed by atoms with van der Waals surface area (Å²) in [4.78, 5) is 0. The van der Waals surface area contributed by atoms with Gasteiger partial charge in [0.2, 0.25) is 0 Å². The van der Waals surface area contributed by atoms with E-state index in [0.717, 1.165) is 12.1 Å². The number of hydrogen-bond donors (Lipinski definition) is 1. The lowest BCUT2D eigenvalue weighted by atomic mass is 9.78. The summed E-state index contributed by atoms with van der Waals surface area (Å²) in [5.41, 5.74) is 6.93. The summed E-state index contributed by atoms with van der Waals surface area (Å²) in [7, 11) is 0. The molecule has 1 atom stereocenters. The van der Waals surface area contributed by atoms with Crippen molar-refractivity contribution in [1.29, 1.82) is 0 Å². The fourth-order valence-corrected chi connectivity index (χ4v) is 1.45. The molecule has 0 aromatic heterocycles. The molecule has 0 aliphatic carbocycles. The molecule has 0 aliphatic heterocycles. The molecule has 0 fully saturated rings. The molecule has 0 rings (SSSR count). The zero-order valence-electron chi connectivity index (χ0n) is 9.15. The zero-order chi connectivity index (χ0) is 9.94. The highest BCUT2D eigenvalue weighted by molar-refractivity contribution is 4.97. The van der Waals surface area contributed by atoms with E-state index in [1.165, 1.54) is 0 Å². The molecule has 0 radical (unpaired) electrons. The van der Waals surface area contributed by atoms with Crippen LogP contribution in [0.4, 0.5) is 0 Å². The van der Waals surface area contributed by atoms with E-state index >= 15 is 0 Å². The van der Waals surface area contributed by atoms with Crippen molar-refractivity contribution in [3.8, 4) is 0 Å². The van der Waals surface area contributed by atoms with Crippen molar-refractivity contribution >= 4 is 0 Å². The average Bonchev–Trinajstić information content (AvgIpc) is 1.79. The summed E-state index contributed by atoms with van der Waals surface area (Å²) in [6.07, 6.45) is 1.12. The van der Waals surface area contributed by atoms with E-state index in [2.05, 4.69) is 41.2 Å². The van der Waals surface area contributed by atoms with Crippen LogP contribution in [-0.4, -0.2) is 0 Å². The van der Waals surface area contributed by atoms with Gasteiger partial charge in [-0.15, -0.1) is 0 Å². The molecule has 1 nitrogen and oxygen atoms in total. The molecule has 0 heterocycles. The summed E-state index contributed by atoms with van der Waals surface area (Å²) in [5, 5.41) is 0. The molecule has 2 N–H and O–H groups in total. The van der Waals surface area contributed by atoms with E-state index in [4.69, 9.17) is 5.73 Å². The third kappa shape index (κ3) is 4.42. The van der Waals surface area contributed by atoms with Gasteiger partial charge in [-0.25, -0.2) is 0 Å². The van der Waals surface area contributed by atoms with Crippen LogP contribution in [0.2, 0.25) is 0 Å². The van der Waals surface area contributed by atoms with Gasteiger partial charge in [-0.2, -0.15) is 0 Å². The first-order chi connectivity index (χ1) is 5.24. The molecule has 72 valence electrons. The van der Waals surface area contributed by atoms with Gasteiger partial charge in [0.15, 0.2) is 0 Å². The Morgan fingerprint density at radius 1 is 1.33 bits per heavy atom. The van der Waals surface area contributed by atoms with E-state index in [-0.39, 0.29) is 0 Å². The van der Waals surface area contributed by atoms with Crippen molar-refractivity contribution in [1.82, 2.24) is 0 Å². The van der Waals surface area contributed by atoms with E-state index in [9.17, 15) is 0 Å². The minimum Gasteiger partial charge on any atom is -0.402 e. The van der Waals surface area contributed by atoms with Crippen molar-refractivity contribution in [2.75, 3.05) is 0 Å². The normalized spacial score (nSPS) is 14.8. The van der Waals surface area contributed by atoms with Crippen molar-refractivity contribution in [3.05, 3.63) is 12.3 Å². The summed E-state index contributed by atoms with van der Waals surface area (Å²) in [5.74, 6) is 1.06. The predicted octanol–water partition coefficient (Wildman–Crippen LogP) is 3.17. The number of allylic oxidation sites excluding steroid dienone is 1. The molecule has 0 spiro atoms. The van der Waals surface area contributed by atoms with Gasteiger partial charge in [-0.3, -0.25) is 0 Å². The molecule has 0 saturated carbocycles. The van der Waals surface area contributed by atoms with Crippen molar-refractivity contribution in [3.63, 3.8) is 0 Å². The highest BCUT2D eigenvalue weighted by Crippen LogP contribution is 2.31. The lowest BCUT2D eigenvalue weighted by Crippen LogP contribution is -2.22. The molecule has 0 aliphatic rings. The van der Waals surface area contributed by atoms with Crippen LogP contribution < -0.4 is 5.73 Å². The van der Waals surface area contributed by atoms with E-state index in [0.29, 0.717) is 17.3 Å². The largest absolute Gasteiger partial charge is 0.402 e. The minimum absolute atomic E-state index is 0.344. The quantitative estimate of drug-likeness (QED) is 0.690. The lowest BCUT2D eigenvalue weighted by Gasteiger charge is -2.28. The first-order valence-corrected chi connectivity index (χ1v) is 4.68. The maximum atomic E-state index is 5.75. The van der Waals surface area contributed by atoms with Crippen LogP contribution in [0, 0.1) is 17.3 Å². The van der Waals surface area contributed by atoms with Gasteiger partial charge in [-0.1, -0.05) is 41.2 Å². The van der Waals surface area contributed by atoms with Gasteiger partial charge in [-0.05, 0) is 17.8 Å². The van der Waals surface area contributed by atoms with Crippen LogP contribution in [0.15, 0.2) is 12.3 Å². The first kappa shape index (κ1) is 11.5. The highest BCUT2D eigenvalue weighted by atomic mass is 14.6. The van der Waals surface area contributed by atoms with Gasteiger partial charge in [0, 0.05) is 11.6 Å². The molecule has 0 bridgehead atoms. The Kier molecular flexibility index (Phi) is 3.82. The van der Waals surface area contributed by atoms with Gasteiger partial charge >= 0.3 is 0 Å². The molecular formula is C11H23N. The van der Waals surface area contributed by atoms with Gasteiger partial charge in [0.25, 0.3) is 0 Å². The van der Waals surface area contributed by atoms with Crippen LogP contribution >= 0.6 is 0 Å². The summed E-state index contributed by atoms with van der Waals surface area (Å²) in [6.45, 7) is 15.0. The third-order valence-electron chi connectivity index (χ3n) is 2.11. The van der Waals surface area contributed by atoms with Crippen LogP contribution in [0.5, 0.6) is 0 Å². The Labute approximate surface area is 77.0 Å². The van der Waals surface area contributed by atoms with Crippen LogP contribution in [0.1, 0.15) is 41.0 Å². The molecule has 12 heavy (non-hydrogen) atoms. The molecular weight excluding hydrogens is 146 g/mol. The summed E-state index contributed by atoms with van der Waals surface area (Å²) in [6, 6.07) is 0. The van der Waals surface area contributed by atoms with Crippen LogP contribution in [0.25, 0.3) is 0 Å². The van der Waals surface area contributed by atoms with Gasteiger partial charge in [0.05, 0.1) is 0 Å². The molecule has 0 aromatic carbocycles.